The van der Waals surface area contributed by atoms with Gasteiger partial charge in [0, 0.05) is 5.33 Å². The average molecular weight is 260 g/mol. The van der Waals surface area contributed by atoms with Crippen molar-refractivity contribution in [2.45, 2.75) is 11.8 Å². The monoisotopic (exact) mass is 258 g/mol. The number of hydrogen-bond acceptors (Lipinski definition) is 0. The maximum atomic E-state index is 6.14. The molecule has 0 bridgehead atoms. The van der Waals surface area contributed by atoms with Gasteiger partial charge in [-0.25, -0.2) is 0 Å². The molecule has 1 atom stereocenters. The molecule has 0 amide bonds. The maximum Gasteiger partial charge on any atom is 0.0697 e. The van der Waals surface area contributed by atoms with Crippen molar-refractivity contribution >= 4 is 33.6 Å². The summed E-state index contributed by atoms with van der Waals surface area (Å²) in [5.74, 6) is 0. The maximum absolute atomic E-state index is 6.14. The van der Waals surface area contributed by atoms with Gasteiger partial charge >= 0.3 is 0 Å². The van der Waals surface area contributed by atoms with Crippen molar-refractivity contribution in [1.82, 2.24) is 0 Å². The van der Waals surface area contributed by atoms with E-state index < -0.39 is 0 Å². The topological polar surface area (TPSA) is 0 Å². The number of allylic oxidation sites excluding steroid dienone is 1. The first-order valence-electron chi connectivity index (χ1n) is 4.13. The summed E-state index contributed by atoms with van der Waals surface area (Å²) >= 11 is 9.50. The minimum atomic E-state index is -0.296. The van der Waals surface area contributed by atoms with Gasteiger partial charge in [-0.1, -0.05) is 58.4 Å². The fourth-order valence-electron chi connectivity index (χ4n) is 0.879. The zero-order valence-corrected chi connectivity index (χ0v) is 9.85. The van der Waals surface area contributed by atoms with Gasteiger partial charge in [0.2, 0.25) is 0 Å². The van der Waals surface area contributed by atoms with E-state index in [0.29, 0.717) is 0 Å². The molecule has 0 aromatic heterocycles. The third kappa shape index (κ3) is 3.97. The van der Waals surface area contributed by atoms with Crippen LogP contribution in [0.15, 0.2) is 36.4 Å². The summed E-state index contributed by atoms with van der Waals surface area (Å²) in [6, 6.07) is 10.1. The van der Waals surface area contributed by atoms with E-state index in [9.17, 15) is 0 Å². The Kier molecular flexibility index (Phi) is 4.01. The number of hydrogen-bond donors (Lipinski definition) is 0. The zero-order chi connectivity index (χ0) is 9.73. The van der Waals surface area contributed by atoms with E-state index in [1.54, 1.807) is 0 Å². The molecule has 13 heavy (non-hydrogen) atoms. The minimum Gasteiger partial charge on any atom is -0.114 e. The normalized spacial score (nSPS) is 15.9. The Hall–Kier alpha value is -0.270. The van der Waals surface area contributed by atoms with E-state index in [1.165, 1.54) is 5.56 Å². The highest BCUT2D eigenvalue weighted by Gasteiger charge is 2.13. The number of alkyl halides is 2. The van der Waals surface area contributed by atoms with Gasteiger partial charge < -0.3 is 0 Å². The third-order valence-corrected chi connectivity index (χ3v) is 3.43. The van der Waals surface area contributed by atoms with Gasteiger partial charge in [0.15, 0.2) is 0 Å². The SMILES string of the molecule is CC(Cl)(/C=C/c1ccccc1)CBr. The lowest BCUT2D eigenvalue weighted by atomic mass is 10.1. The summed E-state index contributed by atoms with van der Waals surface area (Å²) in [6.07, 6.45) is 4.03. The Morgan fingerprint density at radius 2 is 2.00 bits per heavy atom. The second kappa shape index (κ2) is 4.83. The average Bonchev–Trinajstić information content (AvgIpc) is 2.17. The number of halogens is 2. The van der Waals surface area contributed by atoms with Crippen molar-refractivity contribution in [3.63, 3.8) is 0 Å². The molecule has 1 aromatic rings. The van der Waals surface area contributed by atoms with E-state index >= 15 is 0 Å². The Balaban J connectivity index is 2.69. The Morgan fingerprint density at radius 3 is 2.54 bits per heavy atom. The molecule has 0 radical (unpaired) electrons. The molecule has 0 fully saturated rings. The molecule has 2 heteroatoms. The molecule has 0 aliphatic heterocycles. The van der Waals surface area contributed by atoms with Gasteiger partial charge in [0.05, 0.1) is 4.87 Å². The molecular formula is C11H12BrCl. The Bertz CT molecular complexity index is 277. The van der Waals surface area contributed by atoms with Crippen molar-refractivity contribution in [2.24, 2.45) is 0 Å². The Morgan fingerprint density at radius 1 is 1.38 bits per heavy atom. The van der Waals surface area contributed by atoms with Crippen molar-refractivity contribution in [2.75, 3.05) is 5.33 Å². The largest absolute Gasteiger partial charge is 0.114 e. The van der Waals surface area contributed by atoms with Crippen LogP contribution in [0.3, 0.4) is 0 Å². The van der Waals surface area contributed by atoms with E-state index in [0.717, 1.165) is 5.33 Å². The standard InChI is InChI=1S/C11H12BrCl/c1-11(13,9-12)8-7-10-5-3-2-4-6-10/h2-8H,9H2,1H3/b8-7+. The predicted molar refractivity (Wildman–Crippen MR) is 63.5 cm³/mol. The van der Waals surface area contributed by atoms with Crippen LogP contribution in [-0.4, -0.2) is 10.2 Å². The molecule has 70 valence electrons. The third-order valence-electron chi connectivity index (χ3n) is 1.68. The Labute approximate surface area is 92.7 Å². The fraction of sp³-hybridized carbons (Fsp3) is 0.273. The molecule has 0 aliphatic rings. The minimum absolute atomic E-state index is 0.296. The second-order valence-corrected chi connectivity index (χ2v) is 4.58. The molecule has 0 spiro atoms. The summed E-state index contributed by atoms with van der Waals surface area (Å²) in [4.78, 5) is -0.296. The van der Waals surface area contributed by atoms with Crippen LogP contribution in [0.25, 0.3) is 6.08 Å². The van der Waals surface area contributed by atoms with Crippen molar-refractivity contribution < 1.29 is 0 Å². The van der Waals surface area contributed by atoms with Crippen molar-refractivity contribution in [3.05, 3.63) is 42.0 Å². The van der Waals surface area contributed by atoms with Crippen molar-refractivity contribution in [3.8, 4) is 0 Å². The summed E-state index contributed by atoms with van der Waals surface area (Å²) in [6.45, 7) is 1.97. The summed E-state index contributed by atoms with van der Waals surface area (Å²) in [5.41, 5.74) is 1.18. The summed E-state index contributed by atoms with van der Waals surface area (Å²) < 4.78 is 0. The molecule has 0 saturated heterocycles. The molecule has 0 aliphatic carbocycles. The highest BCUT2D eigenvalue weighted by molar-refractivity contribution is 9.09. The van der Waals surface area contributed by atoms with E-state index in [4.69, 9.17) is 11.6 Å². The predicted octanol–water partition coefficient (Wildman–Crippen LogP) is 4.09. The van der Waals surface area contributed by atoms with Crippen LogP contribution in [0.4, 0.5) is 0 Å². The summed E-state index contributed by atoms with van der Waals surface area (Å²) in [5, 5.41) is 0.755. The van der Waals surface area contributed by atoms with Gasteiger partial charge in [-0.15, -0.1) is 11.6 Å². The van der Waals surface area contributed by atoms with Crippen LogP contribution in [0.5, 0.6) is 0 Å². The first-order chi connectivity index (χ1) is 6.14. The van der Waals surface area contributed by atoms with E-state index in [-0.39, 0.29) is 4.87 Å². The fourth-order valence-corrected chi connectivity index (χ4v) is 1.13. The van der Waals surface area contributed by atoms with E-state index in [2.05, 4.69) is 28.1 Å². The lowest BCUT2D eigenvalue weighted by Gasteiger charge is -2.12. The second-order valence-electron chi connectivity index (χ2n) is 3.16. The van der Waals surface area contributed by atoms with Crippen LogP contribution in [0.1, 0.15) is 12.5 Å². The van der Waals surface area contributed by atoms with Gasteiger partial charge in [0.1, 0.15) is 0 Å². The lowest BCUT2D eigenvalue weighted by Crippen LogP contribution is -2.13. The quantitative estimate of drug-likeness (QED) is 0.717. The first kappa shape index (κ1) is 10.8. The highest BCUT2D eigenvalue weighted by Crippen LogP contribution is 2.20. The smallest absolute Gasteiger partial charge is 0.0697 e. The molecular weight excluding hydrogens is 247 g/mol. The van der Waals surface area contributed by atoms with Crippen LogP contribution >= 0.6 is 27.5 Å². The first-order valence-corrected chi connectivity index (χ1v) is 5.63. The summed E-state index contributed by atoms with van der Waals surface area (Å²) in [7, 11) is 0. The molecule has 1 unspecified atom stereocenters. The number of rotatable bonds is 3. The number of benzene rings is 1. The van der Waals surface area contributed by atoms with Gasteiger partial charge in [-0.2, -0.15) is 0 Å². The zero-order valence-electron chi connectivity index (χ0n) is 7.50. The van der Waals surface area contributed by atoms with Crippen molar-refractivity contribution in [1.29, 1.82) is 0 Å². The molecule has 0 saturated carbocycles. The van der Waals surface area contributed by atoms with Crippen LogP contribution in [0.2, 0.25) is 0 Å². The molecule has 1 aromatic carbocycles. The molecule has 0 heterocycles. The van der Waals surface area contributed by atoms with Gasteiger partial charge in [-0.3, -0.25) is 0 Å². The molecule has 0 N–H and O–H groups in total. The van der Waals surface area contributed by atoms with Crippen LogP contribution in [0, 0.1) is 0 Å². The van der Waals surface area contributed by atoms with Gasteiger partial charge in [0.25, 0.3) is 0 Å². The van der Waals surface area contributed by atoms with Crippen LogP contribution in [-0.2, 0) is 0 Å². The van der Waals surface area contributed by atoms with Gasteiger partial charge in [-0.05, 0) is 12.5 Å². The molecule has 1 rings (SSSR count). The molecule has 0 nitrogen and oxygen atoms in total. The van der Waals surface area contributed by atoms with E-state index in [1.807, 2.05) is 37.3 Å². The lowest BCUT2D eigenvalue weighted by molar-refractivity contribution is 0.910. The van der Waals surface area contributed by atoms with Crippen LogP contribution < -0.4 is 0 Å². The highest BCUT2D eigenvalue weighted by atomic mass is 79.9.